The highest BCUT2D eigenvalue weighted by molar-refractivity contribution is 5.85. The number of H-pyrrole nitrogens is 1. The van der Waals surface area contributed by atoms with E-state index in [4.69, 9.17) is 10.2 Å². The number of hydrogen-bond donors (Lipinski definition) is 1. The van der Waals surface area contributed by atoms with Gasteiger partial charge in [-0.2, -0.15) is 5.26 Å². The molecule has 108 valence electrons. The van der Waals surface area contributed by atoms with E-state index in [1.165, 1.54) is 0 Å². The summed E-state index contributed by atoms with van der Waals surface area (Å²) < 4.78 is 0. The van der Waals surface area contributed by atoms with Gasteiger partial charge in [0.15, 0.2) is 0 Å². The topological polar surface area (TPSA) is 52.5 Å². The monoisotopic (exact) mass is 295 g/mol. The van der Waals surface area contributed by atoms with Gasteiger partial charge >= 0.3 is 0 Å². The summed E-state index contributed by atoms with van der Waals surface area (Å²) in [5.74, 6) is 0.853. The van der Waals surface area contributed by atoms with Crippen molar-refractivity contribution in [3.8, 4) is 28.6 Å². The van der Waals surface area contributed by atoms with Gasteiger partial charge in [0.25, 0.3) is 0 Å². The lowest BCUT2D eigenvalue weighted by atomic mass is 9.98. The molecule has 0 saturated heterocycles. The van der Waals surface area contributed by atoms with Gasteiger partial charge in [0, 0.05) is 5.56 Å². The molecule has 3 nitrogen and oxygen atoms in total. The maximum absolute atomic E-state index is 8.95. The average Bonchev–Trinajstić information content (AvgIpc) is 3.06. The molecule has 0 aliphatic rings. The molecule has 4 rings (SSSR count). The second-order valence-corrected chi connectivity index (χ2v) is 5.34. The Morgan fingerprint density at radius 3 is 2.22 bits per heavy atom. The minimum absolute atomic E-state index is 0.662. The molecule has 0 saturated carbocycles. The fraction of sp³-hybridized carbons (Fsp3) is 0. The van der Waals surface area contributed by atoms with Crippen LogP contribution >= 0.6 is 0 Å². The summed E-state index contributed by atoms with van der Waals surface area (Å²) in [7, 11) is 0. The Kier molecular flexibility index (Phi) is 3.14. The number of rotatable bonds is 2. The molecule has 0 fully saturated rings. The summed E-state index contributed by atoms with van der Waals surface area (Å²) in [4.78, 5) is 8.08. The summed E-state index contributed by atoms with van der Waals surface area (Å²) in [6.07, 6.45) is 0. The molecule has 4 aromatic rings. The van der Waals surface area contributed by atoms with Gasteiger partial charge < -0.3 is 4.98 Å². The first-order valence-corrected chi connectivity index (χ1v) is 7.40. The summed E-state index contributed by atoms with van der Waals surface area (Å²) >= 11 is 0. The fourth-order valence-corrected chi connectivity index (χ4v) is 2.75. The molecule has 3 aromatic carbocycles. The average molecular weight is 295 g/mol. The van der Waals surface area contributed by atoms with Gasteiger partial charge in [-0.1, -0.05) is 48.5 Å². The molecule has 0 bridgehead atoms. The minimum Gasteiger partial charge on any atom is -0.338 e. The molecule has 0 amide bonds. The summed E-state index contributed by atoms with van der Waals surface area (Å²) in [5, 5.41) is 8.95. The fourth-order valence-electron chi connectivity index (χ4n) is 2.75. The number of aromatic amines is 1. The lowest BCUT2D eigenvalue weighted by molar-refractivity contribution is 1.33. The van der Waals surface area contributed by atoms with Crippen molar-refractivity contribution in [1.82, 2.24) is 9.97 Å². The SMILES string of the molecule is N#Cc1ccc(-c2ccccc2-c2nc3ccccc3[nH]2)cc1. The minimum atomic E-state index is 0.662. The summed E-state index contributed by atoms with van der Waals surface area (Å²) in [6.45, 7) is 0. The molecule has 0 atom stereocenters. The van der Waals surface area contributed by atoms with Gasteiger partial charge in [0.1, 0.15) is 5.82 Å². The molecule has 3 heteroatoms. The van der Waals surface area contributed by atoms with Crippen molar-refractivity contribution in [2.24, 2.45) is 0 Å². The van der Waals surface area contributed by atoms with E-state index in [0.717, 1.165) is 33.5 Å². The van der Waals surface area contributed by atoms with Gasteiger partial charge in [-0.05, 0) is 35.4 Å². The highest BCUT2D eigenvalue weighted by atomic mass is 14.9. The van der Waals surface area contributed by atoms with Crippen molar-refractivity contribution < 1.29 is 0 Å². The number of nitrogens with zero attached hydrogens (tertiary/aromatic N) is 2. The third kappa shape index (κ3) is 2.37. The zero-order valence-electron chi connectivity index (χ0n) is 12.3. The Hall–Kier alpha value is -3.38. The van der Waals surface area contributed by atoms with E-state index >= 15 is 0 Å². The second kappa shape index (κ2) is 5.43. The number of para-hydroxylation sites is 2. The number of fused-ring (bicyclic) bond motifs is 1. The van der Waals surface area contributed by atoms with E-state index < -0.39 is 0 Å². The first kappa shape index (κ1) is 13.3. The Morgan fingerprint density at radius 2 is 1.48 bits per heavy atom. The number of nitriles is 1. The zero-order valence-corrected chi connectivity index (χ0v) is 12.3. The van der Waals surface area contributed by atoms with Crippen LogP contribution in [0.5, 0.6) is 0 Å². The van der Waals surface area contributed by atoms with Crippen LogP contribution in [0.2, 0.25) is 0 Å². The third-order valence-corrected chi connectivity index (χ3v) is 3.90. The quantitative estimate of drug-likeness (QED) is 0.579. The highest BCUT2D eigenvalue weighted by Crippen LogP contribution is 2.31. The molecule has 0 aliphatic carbocycles. The van der Waals surface area contributed by atoms with Crippen molar-refractivity contribution in [2.45, 2.75) is 0 Å². The second-order valence-electron chi connectivity index (χ2n) is 5.34. The van der Waals surface area contributed by atoms with Gasteiger partial charge in [-0.15, -0.1) is 0 Å². The summed E-state index contributed by atoms with van der Waals surface area (Å²) in [6, 6.07) is 25.9. The smallest absolute Gasteiger partial charge is 0.139 e. The molecule has 0 unspecified atom stereocenters. The van der Waals surface area contributed by atoms with Crippen LogP contribution in [0, 0.1) is 11.3 Å². The van der Waals surface area contributed by atoms with Crippen LogP contribution in [-0.4, -0.2) is 9.97 Å². The number of benzene rings is 3. The molecular weight excluding hydrogens is 282 g/mol. The van der Waals surface area contributed by atoms with Crippen molar-refractivity contribution >= 4 is 11.0 Å². The molecule has 1 aromatic heterocycles. The summed E-state index contributed by atoms with van der Waals surface area (Å²) in [5.41, 5.74) is 5.86. The predicted molar refractivity (Wildman–Crippen MR) is 91.7 cm³/mol. The van der Waals surface area contributed by atoms with E-state index in [9.17, 15) is 0 Å². The first-order valence-electron chi connectivity index (χ1n) is 7.40. The normalized spacial score (nSPS) is 10.6. The lowest BCUT2D eigenvalue weighted by Gasteiger charge is -2.07. The molecule has 0 aliphatic heterocycles. The Balaban J connectivity index is 1.87. The van der Waals surface area contributed by atoms with Crippen molar-refractivity contribution in [3.63, 3.8) is 0 Å². The van der Waals surface area contributed by atoms with Crippen LogP contribution in [0.1, 0.15) is 5.56 Å². The molecule has 23 heavy (non-hydrogen) atoms. The Bertz CT molecular complexity index is 988. The predicted octanol–water partition coefficient (Wildman–Crippen LogP) is 4.77. The van der Waals surface area contributed by atoms with E-state index in [0.29, 0.717) is 5.56 Å². The Labute approximate surface area is 133 Å². The molecule has 0 spiro atoms. The van der Waals surface area contributed by atoms with Crippen LogP contribution in [0.3, 0.4) is 0 Å². The van der Waals surface area contributed by atoms with Crippen LogP contribution in [0.15, 0.2) is 72.8 Å². The van der Waals surface area contributed by atoms with E-state index in [-0.39, 0.29) is 0 Å². The van der Waals surface area contributed by atoms with Crippen molar-refractivity contribution in [3.05, 3.63) is 78.4 Å². The number of imidazole rings is 1. The van der Waals surface area contributed by atoms with Crippen LogP contribution in [0.25, 0.3) is 33.5 Å². The van der Waals surface area contributed by atoms with Gasteiger partial charge in [-0.25, -0.2) is 4.98 Å². The van der Waals surface area contributed by atoms with Crippen molar-refractivity contribution in [2.75, 3.05) is 0 Å². The van der Waals surface area contributed by atoms with E-state index in [1.54, 1.807) is 0 Å². The largest absolute Gasteiger partial charge is 0.338 e. The molecule has 0 radical (unpaired) electrons. The molecule has 1 N–H and O–H groups in total. The first-order chi connectivity index (χ1) is 11.3. The molecular formula is C20H13N3. The van der Waals surface area contributed by atoms with Crippen molar-refractivity contribution in [1.29, 1.82) is 5.26 Å². The van der Waals surface area contributed by atoms with E-state index in [1.807, 2.05) is 60.7 Å². The maximum Gasteiger partial charge on any atom is 0.139 e. The van der Waals surface area contributed by atoms with Gasteiger partial charge in [-0.3, -0.25) is 0 Å². The van der Waals surface area contributed by atoms with Crippen LogP contribution < -0.4 is 0 Å². The lowest BCUT2D eigenvalue weighted by Crippen LogP contribution is -1.87. The number of aromatic nitrogens is 2. The standard InChI is InChI=1S/C20H13N3/c21-13-14-9-11-15(12-10-14)16-5-1-2-6-17(16)20-22-18-7-3-4-8-19(18)23-20/h1-12H,(H,22,23). The Morgan fingerprint density at radius 1 is 0.783 bits per heavy atom. The third-order valence-electron chi connectivity index (χ3n) is 3.90. The van der Waals surface area contributed by atoms with E-state index in [2.05, 4.69) is 23.2 Å². The van der Waals surface area contributed by atoms with Gasteiger partial charge in [0.2, 0.25) is 0 Å². The maximum atomic E-state index is 8.95. The zero-order chi connectivity index (χ0) is 15.6. The van der Waals surface area contributed by atoms with Crippen LogP contribution in [-0.2, 0) is 0 Å². The van der Waals surface area contributed by atoms with Gasteiger partial charge in [0.05, 0.1) is 22.7 Å². The highest BCUT2D eigenvalue weighted by Gasteiger charge is 2.10. The van der Waals surface area contributed by atoms with Crippen LogP contribution in [0.4, 0.5) is 0 Å². The molecule has 1 heterocycles. The number of nitrogens with one attached hydrogen (secondary N) is 1. The number of hydrogen-bond acceptors (Lipinski definition) is 2.